The Labute approximate surface area is 219 Å². The number of likely N-dealkylation sites (tertiary alicyclic amines) is 1. The molecule has 0 aliphatic carbocycles. The molecule has 1 saturated heterocycles. The Morgan fingerprint density at radius 1 is 0.946 bits per heavy atom. The van der Waals surface area contributed by atoms with E-state index in [9.17, 15) is 9.59 Å². The van der Waals surface area contributed by atoms with Crippen LogP contribution in [0.4, 0.5) is 10.5 Å². The summed E-state index contributed by atoms with van der Waals surface area (Å²) < 4.78 is 2.76. The summed E-state index contributed by atoms with van der Waals surface area (Å²) in [6.45, 7) is 2.47. The first-order valence-electron chi connectivity index (χ1n) is 12.5. The van der Waals surface area contributed by atoms with Crippen molar-refractivity contribution in [3.63, 3.8) is 0 Å². The van der Waals surface area contributed by atoms with Gasteiger partial charge in [0.1, 0.15) is 11.0 Å². The summed E-state index contributed by atoms with van der Waals surface area (Å²) in [6.07, 6.45) is 5.49. The molecule has 3 heterocycles. The first kappa shape index (κ1) is 23.3. The van der Waals surface area contributed by atoms with Gasteiger partial charge in [0.15, 0.2) is 0 Å². The van der Waals surface area contributed by atoms with Crippen molar-refractivity contribution >= 4 is 39.2 Å². The summed E-state index contributed by atoms with van der Waals surface area (Å²) >= 11 is 1.56. The van der Waals surface area contributed by atoms with Crippen molar-refractivity contribution in [2.45, 2.75) is 25.8 Å². The lowest BCUT2D eigenvalue weighted by Crippen LogP contribution is -2.60. The molecule has 6 rings (SSSR count). The van der Waals surface area contributed by atoms with Gasteiger partial charge in [0.2, 0.25) is 0 Å². The maximum Gasteiger partial charge on any atom is 0.429 e. The Hall–Kier alpha value is -4.07. The number of nitrogens with zero attached hydrogens (tertiary/aromatic N) is 3. The van der Waals surface area contributed by atoms with E-state index in [1.54, 1.807) is 11.3 Å². The Morgan fingerprint density at radius 3 is 2.46 bits per heavy atom. The number of hydrogen-bond donors (Lipinski definition) is 1. The minimum absolute atomic E-state index is 0.144. The second-order valence-corrected chi connectivity index (χ2v) is 10.5. The lowest BCUT2D eigenvalue weighted by Gasteiger charge is -2.33. The van der Waals surface area contributed by atoms with Gasteiger partial charge in [0.05, 0.1) is 33.7 Å². The fourth-order valence-electron chi connectivity index (χ4n) is 5.35. The van der Waals surface area contributed by atoms with E-state index in [1.807, 2.05) is 109 Å². The smallest absolute Gasteiger partial charge is 0.322 e. The molecule has 184 valence electrons. The average molecular weight is 508 g/mol. The topological polar surface area (TPSA) is 64.0 Å². The molecule has 2 atom stereocenters. The minimum Gasteiger partial charge on any atom is -0.322 e. The van der Waals surface area contributed by atoms with Crippen molar-refractivity contribution in [2.24, 2.45) is 0 Å². The average Bonchev–Trinajstić information content (AvgIpc) is 3.69. The molecule has 1 aliphatic rings. The van der Waals surface area contributed by atoms with Crippen LogP contribution in [0.3, 0.4) is 0 Å². The van der Waals surface area contributed by atoms with E-state index in [1.165, 1.54) is 0 Å². The zero-order chi connectivity index (χ0) is 25.4. The van der Waals surface area contributed by atoms with Gasteiger partial charge in [-0.15, -0.1) is 11.3 Å². The number of thiazole rings is 1. The maximum atomic E-state index is 14.4. The van der Waals surface area contributed by atoms with E-state index in [-0.39, 0.29) is 22.5 Å². The van der Waals surface area contributed by atoms with Crippen molar-refractivity contribution in [3.05, 3.63) is 103 Å². The first-order chi connectivity index (χ1) is 18.1. The van der Waals surface area contributed by atoms with Crippen LogP contribution in [-0.4, -0.2) is 38.6 Å². The van der Waals surface area contributed by atoms with Crippen LogP contribution in [0.15, 0.2) is 97.3 Å². The highest BCUT2D eigenvalue weighted by molar-refractivity contribution is 7.21. The number of nitrogens with one attached hydrogen (secondary N) is 1. The van der Waals surface area contributed by atoms with E-state index < -0.39 is 0 Å². The standard InChI is InChI=1S/C30H26N4O2S/c1-21-11-10-20-34(21,30(36)32-24-14-4-6-16-26(24)33-18-8-9-19-33)29(35)23-13-3-2-12-22(23)28-31-25-15-5-7-17-27(25)37-28/h2-9,12-19,21H,10-11,20H2,1H3/p+1/t21-,34?/m1/s1. The number of fused-ring (bicyclic) bond motifs is 1. The molecule has 37 heavy (non-hydrogen) atoms. The predicted octanol–water partition coefficient (Wildman–Crippen LogP) is 7.13. The highest BCUT2D eigenvalue weighted by Gasteiger charge is 2.53. The molecule has 3 aromatic carbocycles. The van der Waals surface area contributed by atoms with Crippen LogP contribution in [0.5, 0.6) is 0 Å². The number of rotatable bonds is 4. The molecule has 1 N–H and O–H groups in total. The van der Waals surface area contributed by atoms with Crippen LogP contribution in [0, 0.1) is 0 Å². The quantitative estimate of drug-likeness (QED) is 0.263. The molecule has 7 heteroatoms. The van der Waals surface area contributed by atoms with Gasteiger partial charge < -0.3 is 4.57 Å². The number of hydrogen-bond acceptors (Lipinski definition) is 4. The number of carbonyl (C=O) groups is 2. The summed E-state index contributed by atoms with van der Waals surface area (Å²) in [6, 6.07) is 26.6. The largest absolute Gasteiger partial charge is 0.429 e. The Morgan fingerprint density at radius 2 is 1.68 bits per heavy atom. The summed E-state index contributed by atoms with van der Waals surface area (Å²) in [5.74, 6) is -0.184. The number of benzene rings is 3. The number of imide groups is 1. The molecule has 0 spiro atoms. The van der Waals surface area contributed by atoms with Crippen LogP contribution in [0.25, 0.3) is 26.5 Å². The Balaban J connectivity index is 1.41. The van der Waals surface area contributed by atoms with Crippen LogP contribution < -0.4 is 5.32 Å². The molecule has 0 radical (unpaired) electrons. The van der Waals surface area contributed by atoms with E-state index in [0.717, 1.165) is 39.3 Å². The SMILES string of the molecule is C[C@@H]1CCC[N+]1(C(=O)Nc1ccccc1-n1cccc1)C(=O)c1ccccc1-c1nc2ccccc2s1. The van der Waals surface area contributed by atoms with Gasteiger partial charge in [-0.25, -0.2) is 14.6 Å². The number of anilines is 1. The van der Waals surface area contributed by atoms with Gasteiger partial charge in [0.25, 0.3) is 0 Å². The molecular formula is C30H27N4O2S+. The van der Waals surface area contributed by atoms with Crippen molar-refractivity contribution in [1.82, 2.24) is 9.55 Å². The van der Waals surface area contributed by atoms with Crippen LogP contribution in [0.2, 0.25) is 0 Å². The summed E-state index contributed by atoms with van der Waals surface area (Å²) in [7, 11) is 0. The second kappa shape index (κ2) is 9.42. The summed E-state index contributed by atoms with van der Waals surface area (Å²) in [5, 5.41) is 3.91. The number of carbonyl (C=O) groups excluding carboxylic acids is 2. The molecule has 6 nitrogen and oxygen atoms in total. The fourth-order valence-corrected chi connectivity index (χ4v) is 6.35. The Kier molecular flexibility index (Phi) is 5.94. The molecule has 0 saturated carbocycles. The third kappa shape index (κ3) is 3.97. The van der Waals surface area contributed by atoms with Crippen LogP contribution in [0.1, 0.15) is 30.1 Å². The van der Waals surface area contributed by atoms with E-state index in [0.29, 0.717) is 17.8 Å². The molecule has 5 aromatic rings. The third-order valence-electron chi connectivity index (χ3n) is 7.32. The molecular weight excluding hydrogens is 480 g/mol. The zero-order valence-corrected chi connectivity index (χ0v) is 21.3. The van der Waals surface area contributed by atoms with Crippen LogP contribution >= 0.6 is 11.3 Å². The highest BCUT2D eigenvalue weighted by atomic mass is 32.1. The molecule has 2 aromatic heterocycles. The zero-order valence-electron chi connectivity index (χ0n) is 20.5. The highest BCUT2D eigenvalue weighted by Crippen LogP contribution is 2.37. The fraction of sp³-hybridized carbons (Fsp3) is 0.167. The summed E-state index contributed by atoms with van der Waals surface area (Å²) in [4.78, 5) is 33.3. The van der Waals surface area contributed by atoms with Crippen LogP contribution in [-0.2, 0) is 0 Å². The Bertz CT molecular complexity index is 1570. The van der Waals surface area contributed by atoms with E-state index in [2.05, 4.69) is 5.32 Å². The predicted molar refractivity (Wildman–Crippen MR) is 148 cm³/mol. The monoisotopic (exact) mass is 507 g/mol. The first-order valence-corrected chi connectivity index (χ1v) is 13.3. The van der Waals surface area contributed by atoms with E-state index >= 15 is 0 Å². The van der Waals surface area contributed by atoms with Gasteiger partial charge in [-0.05, 0) is 49.4 Å². The molecule has 1 fully saturated rings. The maximum absolute atomic E-state index is 14.4. The lowest BCUT2D eigenvalue weighted by molar-refractivity contribution is -0.775. The molecule has 1 unspecified atom stereocenters. The normalized spacial score (nSPS) is 19.2. The van der Waals surface area contributed by atoms with Gasteiger partial charge >= 0.3 is 11.9 Å². The molecule has 1 aliphatic heterocycles. The van der Waals surface area contributed by atoms with Gasteiger partial charge in [-0.2, -0.15) is 4.48 Å². The van der Waals surface area contributed by atoms with Crippen molar-refractivity contribution in [3.8, 4) is 16.3 Å². The number of urea groups is 1. The van der Waals surface area contributed by atoms with Crippen molar-refractivity contribution in [1.29, 1.82) is 0 Å². The van der Waals surface area contributed by atoms with Crippen molar-refractivity contribution in [2.75, 3.05) is 11.9 Å². The molecule has 0 bridgehead atoms. The summed E-state index contributed by atoms with van der Waals surface area (Å²) in [5.41, 5.74) is 3.73. The van der Waals surface area contributed by atoms with E-state index in [4.69, 9.17) is 4.98 Å². The lowest BCUT2D eigenvalue weighted by atomic mass is 10.0. The van der Waals surface area contributed by atoms with Gasteiger partial charge in [0, 0.05) is 30.8 Å². The molecule has 3 amide bonds. The number of aromatic nitrogens is 2. The number of quaternary nitrogens is 1. The minimum atomic E-state index is -0.297. The third-order valence-corrected chi connectivity index (χ3v) is 8.39. The number of amides is 3. The van der Waals surface area contributed by atoms with Gasteiger partial charge in [-0.3, -0.25) is 5.32 Å². The van der Waals surface area contributed by atoms with Crippen molar-refractivity contribution < 1.29 is 14.1 Å². The number of para-hydroxylation sites is 3. The second-order valence-electron chi connectivity index (χ2n) is 9.46. The van der Waals surface area contributed by atoms with Gasteiger partial charge in [-0.1, -0.05) is 42.5 Å².